The molecule has 92 valence electrons. The molecule has 18 heavy (non-hydrogen) atoms. The topological polar surface area (TPSA) is 50.9 Å². The molecule has 6 heteroatoms. The summed E-state index contributed by atoms with van der Waals surface area (Å²) >= 11 is 10.7. The van der Waals surface area contributed by atoms with Gasteiger partial charge in [0.15, 0.2) is 0 Å². The summed E-state index contributed by atoms with van der Waals surface area (Å²) in [5.41, 5.74) is 6.11. The van der Waals surface area contributed by atoms with Gasteiger partial charge in [0.25, 0.3) is 0 Å². The van der Waals surface area contributed by atoms with E-state index >= 15 is 0 Å². The maximum absolute atomic E-state index is 13.6. The molecule has 0 saturated heterocycles. The zero-order valence-electron chi connectivity index (χ0n) is 9.15. The van der Waals surface area contributed by atoms with Crippen LogP contribution in [-0.2, 0) is 0 Å². The molecular weight excluding hydrogens is 273 g/mol. The fourth-order valence-corrected chi connectivity index (χ4v) is 1.71. The molecular formula is C12H9ClFN3S. The molecule has 0 aliphatic rings. The zero-order valence-corrected chi connectivity index (χ0v) is 10.7. The van der Waals surface area contributed by atoms with Crippen molar-refractivity contribution in [1.82, 2.24) is 4.98 Å². The minimum Gasteiger partial charge on any atom is -0.388 e. The molecule has 2 aromatic rings. The first-order valence-electron chi connectivity index (χ1n) is 5.06. The summed E-state index contributed by atoms with van der Waals surface area (Å²) in [6.07, 6.45) is 0. The van der Waals surface area contributed by atoms with Gasteiger partial charge in [-0.2, -0.15) is 0 Å². The molecule has 1 aromatic carbocycles. The molecule has 0 aliphatic carbocycles. The van der Waals surface area contributed by atoms with Crippen LogP contribution in [0.5, 0.6) is 0 Å². The van der Waals surface area contributed by atoms with Crippen molar-refractivity contribution in [2.24, 2.45) is 5.73 Å². The quantitative estimate of drug-likeness (QED) is 0.848. The van der Waals surface area contributed by atoms with Crippen LogP contribution in [0.2, 0.25) is 5.02 Å². The van der Waals surface area contributed by atoms with Gasteiger partial charge in [0.2, 0.25) is 0 Å². The van der Waals surface area contributed by atoms with Crippen molar-refractivity contribution in [2.45, 2.75) is 0 Å². The Morgan fingerprint density at radius 2 is 2.00 bits per heavy atom. The van der Waals surface area contributed by atoms with Gasteiger partial charge in [-0.25, -0.2) is 9.37 Å². The smallest absolute Gasteiger partial charge is 0.148 e. The Kier molecular flexibility index (Phi) is 3.74. The fourth-order valence-electron chi connectivity index (χ4n) is 1.39. The van der Waals surface area contributed by atoms with Gasteiger partial charge >= 0.3 is 0 Å². The minimum absolute atomic E-state index is 0.173. The monoisotopic (exact) mass is 281 g/mol. The first-order chi connectivity index (χ1) is 8.58. The summed E-state index contributed by atoms with van der Waals surface area (Å²) in [4.78, 5) is 4.33. The highest BCUT2D eigenvalue weighted by atomic mass is 35.5. The number of nitrogens with one attached hydrogen (secondary N) is 1. The van der Waals surface area contributed by atoms with Crippen LogP contribution in [0.1, 0.15) is 5.69 Å². The number of anilines is 2. The standard InChI is InChI=1S/C12H9ClFN3S/c13-7-3-1-4-8(14)11(7)17-10-6-2-5-9(16-10)12(15)18/h1-6H,(H2,15,18)(H,16,17). The van der Waals surface area contributed by atoms with Crippen LogP contribution < -0.4 is 11.1 Å². The van der Waals surface area contributed by atoms with Crippen molar-refractivity contribution in [3.63, 3.8) is 0 Å². The average Bonchev–Trinajstić information content (AvgIpc) is 2.34. The number of halogens is 2. The molecule has 0 radical (unpaired) electrons. The number of pyridine rings is 1. The lowest BCUT2D eigenvalue weighted by molar-refractivity contribution is 0.632. The first-order valence-corrected chi connectivity index (χ1v) is 5.84. The Balaban J connectivity index is 2.34. The molecule has 2 rings (SSSR count). The second-order valence-corrected chi connectivity index (χ2v) is 4.34. The molecule has 3 N–H and O–H groups in total. The number of rotatable bonds is 3. The summed E-state index contributed by atoms with van der Waals surface area (Å²) in [5.74, 6) is -0.0303. The highest BCUT2D eigenvalue weighted by Crippen LogP contribution is 2.27. The molecule has 3 nitrogen and oxygen atoms in total. The fraction of sp³-hybridized carbons (Fsp3) is 0. The van der Waals surface area contributed by atoms with Crippen LogP contribution in [0.3, 0.4) is 0 Å². The lowest BCUT2D eigenvalue weighted by Crippen LogP contribution is -2.12. The third-order valence-electron chi connectivity index (χ3n) is 2.22. The average molecular weight is 282 g/mol. The number of thiocarbonyl (C=S) groups is 1. The van der Waals surface area contributed by atoms with E-state index in [4.69, 9.17) is 29.6 Å². The predicted octanol–water partition coefficient (Wildman–Crippen LogP) is 3.25. The second-order valence-electron chi connectivity index (χ2n) is 3.49. The van der Waals surface area contributed by atoms with Crippen molar-refractivity contribution in [2.75, 3.05) is 5.32 Å². The number of nitrogens with two attached hydrogens (primary N) is 1. The maximum atomic E-state index is 13.6. The van der Waals surface area contributed by atoms with E-state index < -0.39 is 5.82 Å². The summed E-state index contributed by atoms with van der Waals surface area (Å²) in [7, 11) is 0. The normalized spacial score (nSPS) is 10.1. The number of nitrogens with zero attached hydrogens (tertiary/aromatic N) is 1. The van der Waals surface area contributed by atoms with Crippen LogP contribution in [0.4, 0.5) is 15.9 Å². The van der Waals surface area contributed by atoms with Gasteiger partial charge < -0.3 is 11.1 Å². The zero-order chi connectivity index (χ0) is 13.1. The van der Waals surface area contributed by atoms with Gasteiger partial charge in [-0.1, -0.05) is 36.0 Å². The van der Waals surface area contributed by atoms with Gasteiger partial charge in [0, 0.05) is 0 Å². The SMILES string of the molecule is NC(=S)c1cccc(Nc2c(F)cccc2Cl)n1. The largest absolute Gasteiger partial charge is 0.388 e. The van der Waals surface area contributed by atoms with Crippen molar-refractivity contribution in [3.8, 4) is 0 Å². The maximum Gasteiger partial charge on any atom is 0.148 e. The molecule has 0 bridgehead atoms. The van der Waals surface area contributed by atoms with Crippen molar-refractivity contribution in [3.05, 3.63) is 52.9 Å². The lowest BCUT2D eigenvalue weighted by Gasteiger charge is -2.09. The molecule has 0 saturated carbocycles. The van der Waals surface area contributed by atoms with Crippen LogP contribution in [0, 0.1) is 5.82 Å². The molecule has 0 amide bonds. The molecule has 1 aromatic heterocycles. The highest BCUT2D eigenvalue weighted by Gasteiger charge is 2.08. The molecule has 1 heterocycles. The molecule has 0 fully saturated rings. The van der Waals surface area contributed by atoms with E-state index in [1.165, 1.54) is 12.1 Å². The van der Waals surface area contributed by atoms with Gasteiger partial charge in [-0.15, -0.1) is 0 Å². The van der Waals surface area contributed by atoms with Crippen molar-refractivity contribution < 1.29 is 4.39 Å². The van der Waals surface area contributed by atoms with E-state index in [-0.39, 0.29) is 15.7 Å². The number of benzene rings is 1. The Hall–Kier alpha value is -1.72. The van der Waals surface area contributed by atoms with E-state index in [0.717, 1.165) is 0 Å². The summed E-state index contributed by atoms with van der Waals surface area (Å²) in [6, 6.07) is 9.50. The van der Waals surface area contributed by atoms with Crippen LogP contribution in [0.25, 0.3) is 0 Å². The van der Waals surface area contributed by atoms with E-state index in [0.29, 0.717) is 11.5 Å². The Morgan fingerprint density at radius 3 is 2.67 bits per heavy atom. The molecule has 0 aliphatic heterocycles. The predicted molar refractivity (Wildman–Crippen MR) is 74.8 cm³/mol. The Labute approximate surface area is 114 Å². The van der Waals surface area contributed by atoms with Crippen LogP contribution in [-0.4, -0.2) is 9.97 Å². The Bertz CT molecular complexity index is 583. The third kappa shape index (κ3) is 2.75. The van der Waals surface area contributed by atoms with E-state index in [1.54, 1.807) is 24.3 Å². The number of hydrogen-bond acceptors (Lipinski definition) is 3. The number of aromatic nitrogens is 1. The highest BCUT2D eigenvalue weighted by molar-refractivity contribution is 7.80. The molecule has 0 spiro atoms. The first kappa shape index (κ1) is 12.7. The summed E-state index contributed by atoms with van der Waals surface area (Å²) in [5, 5.41) is 3.08. The van der Waals surface area contributed by atoms with Gasteiger partial charge in [-0.3, -0.25) is 0 Å². The van der Waals surface area contributed by atoms with E-state index in [2.05, 4.69) is 10.3 Å². The molecule has 0 atom stereocenters. The van der Waals surface area contributed by atoms with Crippen LogP contribution in [0.15, 0.2) is 36.4 Å². The van der Waals surface area contributed by atoms with Crippen molar-refractivity contribution >= 4 is 40.3 Å². The summed E-state index contributed by atoms with van der Waals surface area (Å²) < 4.78 is 13.6. The minimum atomic E-state index is -0.454. The van der Waals surface area contributed by atoms with Crippen LogP contribution >= 0.6 is 23.8 Å². The lowest BCUT2D eigenvalue weighted by atomic mass is 10.3. The van der Waals surface area contributed by atoms with Gasteiger partial charge in [0.05, 0.1) is 16.4 Å². The Morgan fingerprint density at radius 1 is 1.28 bits per heavy atom. The van der Waals surface area contributed by atoms with Gasteiger partial charge in [0.1, 0.15) is 16.6 Å². The van der Waals surface area contributed by atoms with Gasteiger partial charge in [-0.05, 0) is 24.3 Å². The number of para-hydroxylation sites is 1. The molecule has 0 unspecified atom stereocenters. The summed E-state index contributed by atoms with van der Waals surface area (Å²) in [6.45, 7) is 0. The van der Waals surface area contributed by atoms with Crippen molar-refractivity contribution in [1.29, 1.82) is 0 Å². The third-order valence-corrected chi connectivity index (χ3v) is 2.74. The number of hydrogen-bond donors (Lipinski definition) is 2. The van der Waals surface area contributed by atoms with E-state index in [1.807, 2.05) is 0 Å². The second kappa shape index (κ2) is 5.29. The van der Waals surface area contributed by atoms with E-state index in [9.17, 15) is 4.39 Å².